The van der Waals surface area contributed by atoms with Crippen LogP contribution in [0.3, 0.4) is 0 Å². The van der Waals surface area contributed by atoms with E-state index >= 15 is 0 Å². The van der Waals surface area contributed by atoms with E-state index in [1.165, 1.54) is 0 Å². The lowest BCUT2D eigenvalue weighted by Crippen LogP contribution is -2.20. The van der Waals surface area contributed by atoms with E-state index in [4.69, 9.17) is 5.73 Å². The molecule has 7 heteroatoms. The second-order valence-corrected chi connectivity index (χ2v) is 5.68. The third-order valence-corrected chi connectivity index (χ3v) is 3.56. The predicted octanol–water partition coefficient (Wildman–Crippen LogP) is 4.21. The van der Waals surface area contributed by atoms with E-state index in [1.807, 2.05) is 19.1 Å². The standard InChI is InChI=1S/C18H21F2N3O2/c1-12(22-14-3-2-4-15(11-14)23-18(21)24)5-6-13-7-9-16(10-8-13)25-17(19)20/h2-4,7-12,17,22H,5-6H2,1H3,(H3,21,23,24). The fourth-order valence-electron chi connectivity index (χ4n) is 2.41. The minimum absolute atomic E-state index is 0.156. The van der Waals surface area contributed by atoms with E-state index in [9.17, 15) is 13.6 Å². The maximum atomic E-state index is 12.1. The lowest BCUT2D eigenvalue weighted by atomic mass is 10.1. The van der Waals surface area contributed by atoms with Crippen LogP contribution in [0.15, 0.2) is 48.5 Å². The smallest absolute Gasteiger partial charge is 0.387 e. The number of carbonyl (C=O) groups is 1. The summed E-state index contributed by atoms with van der Waals surface area (Å²) in [6, 6.07) is 13.5. The summed E-state index contributed by atoms with van der Waals surface area (Å²) in [5.41, 5.74) is 7.64. The number of hydrogen-bond acceptors (Lipinski definition) is 3. The molecule has 4 N–H and O–H groups in total. The Morgan fingerprint density at radius 1 is 1.16 bits per heavy atom. The summed E-state index contributed by atoms with van der Waals surface area (Å²) in [7, 11) is 0. The molecular weight excluding hydrogens is 328 g/mol. The van der Waals surface area contributed by atoms with Crippen molar-refractivity contribution in [1.29, 1.82) is 0 Å². The molecule has 5 nitrogen and oxygen atoms in total. The number of rotatable bonds is 8. The summed E-state index contributed by atoms with van der Waals surface area (Å²) in [5, 5.41) is 5.88. The average Bonchev–Trinajstić information content (AvgIpc) is 2.53. The van der Waals surface area contributed by atoms with Crippen LogP contribution in [0.25, 0.3) is 0 Å². The summed E-state index contributed by atoms with van der Waals surface area (Å²) < 4.78 is 28.6. The van der Waals surface area contributed by atoms with Crippen molar-refractivity contribution in [3.63, 3.8) is 0 Å². The Morgan fingerprint density at radius 2 is 1.84 bits per heavy atom. The summed E-state index contributed by atoms with van der Waals surface area (Å²) in [5.74, 6) is 0.156. The van der Waals surface area contributed by atoms with E-state index in [1.54, 1.807) is 36.4 Å². The highest BCUT2D eigenvalue weighted by atomic mass is 19.3. The molecule has 0 fully saturated rings. The molecule has 0 saturated heterocycles. The third kappa shape index (κ3) is 6.66. The SMILES string of the molecule is CC(CCc1ccc(OC(F)F)cc1)Nc1cccc(NC(N)=O)c1. The topological polar surface area (TPSA) is 76.4 Å². The average molecular weight is 349 g/mol. The molecular formula is C18H21F2N3O2. The molecule has 2 rings (SSSR count). The van der Waals surface area contributed by atoms with E-state index in [0.717, 1.165) is 24.1 Å². The molecule has 1 unspecified atom stereocenters. The number of nitrogens with one attached hydrogen (secondary N) is 2. The maximum absolute atomic E-state index is 12.1. The number of benzene rings is 2. The zero-order valence-electron chi connectivity index (χ0n) is 13.8. The first-order chi connectivity index (χ1) is 11.9. The van der Waals surface area contributed by atoms with Crippen molar-refractivity contribution >= 4 is 17.4 Å². The molecule has 0 radical (unpaired) electrons. The van der Waals surface area contributed by atoms with Crippen LogP contribution in [0.2, 0.25) is 0 Å². The lowest BCUT2D eigenvalue weighted by Gasteiger charge is -2.16. The summed E-state index contributed by atoms with van der Waals surface area (Å²) in [4.78, 5) is 10.9. The number of alkyl halides is 2. The van der Waals surface area contributed by atoms with Gasteiger partial charge in [0.15, 0.2) is 0 Å². The van der Waals surface area contributed by atoms with Crippen LogP contribution in [0.4, 0.5) is 25.0 Å². The number of amides is 2. The molecule has 0 aliphatic carbocycles. The molecule has 2 aromatic rings. The molecule has 25 heavy (non-hydrogen) atoms. The van der Waals surface area contributed by atoms with Gasteiger partial charge in [0, 0.05) is 17.4 Å². The fourth-order valence-corrected chi connectivity index (χ4v) is 2.41. The quantitative estimate of drug-likeness (QED) is 0.668. The molecule has 0 aliphatic rings. The second-order valence-electron chi connectivity index (χ2n) is 5.68. The first kappa shape index (κ1) is 18.5. The van der Waals surface area contributed by atoms with Gasteiger partial charge in [0.05, 0.1) is 0 Å². The van der Waals surface area contributed by atoms with Gasteiger partial charge >= 0.3 is 12.6 Å². The van der Waals surface area contributed by atoms with Gasteiger partial charge in [-0.25, -0.2) is 4.79 Å². The van der Waals surface area contributed by atoms with E-state index in [0.29, 0.717) is 5.69 Å². The first-order valence-corrected chi connectivity index (χ1v) is 7.89. The van der Waals surface area contributed by atoms with Gasteiger partial charge in [-0.2, -0.15) is 8.78 Å². The molecule has 134 valence electrons. The van der Waals surface area contributed by atoms with E-state index in [-0.39, 0.29) is 11.8 Å². The molecule has 0 aromatic heterocycles. The maximum Gasteiger partial charge on any atom is 0.387 e. The van der Waals surface area contributed by atoms with Gasteiger partial charge in [0.1, 0.15) is 5.75 Å². The van der Waals surface area contributed by atoms with Gasteiger partial charge in [0.25, 0.3) is 0 Å². The Balaban J connectivity index is 1.84. The minimum Gasteiger partial charge on any atom is -0.435 e. The number of primary amides is 1. The van der Waals surface area contributed by atoms with Gasteiger partial charge in [-0.05, 0) is 55.7 Å². The molecule has 2 amide bonds. The molecule has 0 bridgehead atoms. The largest absolute Gasteiger partial charge is 0.435 e. The number of aryl methyl sites for hydroxylation is 1. The van der Waals surface area contributed by atoms with Crippen LogP contribution in [0.1, 0.15) is 18.9 Å². The Morgan fingerprint density at radius 3 is 2.48 bits per heavy atom. The fraction of sp³-hybridized carbons (Fsp3) is 0.278. The number of ether oxygens (including phenoxy) is 1. The Hall–Kier alpha value is -2.83. The van der Waals surface area contributed by atoms with Crippen molar-refractivity contribution in [3.8, 4) is 5.75 Å². The lowest BCUT2D eigenvalue weighted by molar-refractivity contribution is -0.0498. The van der Waals surface area contributed by atoms with Gasteiger partial charge < -0.3 is 21.1 Å². The molecule has 0 aliphatic heterocycles. The van der Waals surface area contributed by atoms with Crippen molar-refractivity contribution in [2.24, 2.45) is 5.73 Å². The molecule has 0 spiro atoms. The monoisotopic (exact) mass is 349 g/mol. The summed E-state index contributed by atoms with van der Waals surface area (Å²) in [6.45, 7) is -0.766. The zero-order valence-corrected chi connectivity index (χ0v) is 13.8. The van der Waals surface area contributed by atoms with Gasteiger partial charge in [0.2, 0.25) is 0 Å². The Kier molecular flexibility index (Phi) is 6.56. The van der Waals surface area contributed by atoms with Crippen molar-refractivity contribution in [1.82, 2.24) is 0 Å². The van der Waals surface area contributed by atoms with Crippen LogP contribution in [0, 0.1) is 0 Å². The van der Waals surface area contributed by atoms with Crippen molar-refractivity contribution in [2.75, 3.05) is 10.6 Å². The van der Waals surface area contributed by atoms with Crippen LogP contribution < -0.4 is 21.1 Å². The minimum atomic E-state index is -2.81. The number of anilines is 2. The van der Waals surface area contributed by atoms with Crippen LogP contribution in [0.5, 0.6) is 5.75 Å². The highest BCUT2D eigenvalue weighted by Crippen LogP contribution is 2.19. The number of hydrogen-bond donors (Lipinski definition) is 3. The number of carbonyl (C=O) groups excluding carboxylic acids is 1. The van der Waals surface area contributed by atoms with Crippen LogP contribution in [-0.4, -0.2) is 18.7 Å². The molecule has 1 atom stereocenters. The van der Waals surface area contributed by atoms with Crippen LogP contribution in [-0.2, 0) is 6.42 Å². The van der Waals surface area contributed by atoms with Crippen molar-refractivity contribution in [2.45, 2.75) is 32.4 Å². The Bertz CT molecular complexity index is 693. The van der Waals surface area contributed by atoms with Crippen molar-refractivity contribution in [3.05, 3.63) is 54.1 Å². The molecule has 0 saturated carbocycles. The number of halogens is 2. The number of nitrogens with two attached hydrogens (primary N) is 1. The zero-order chi connectivity index (χ0) is 18.2. The van der Waals surface area contributed by atoms with Gasteiger partial charge in [-0.3, -0.25) is 0 Å². The first-order valence-electron chi connectivity index (χ1n) is 7.89. The van der Waals surface area contributed by atoms with E-state index in [2.05, 4.69) is 15.4 Å². The molecule has 0 heterocycles. The summed E-state index contributed by atoms with van der Waals surface area (Å²) >= 11 is 0. The van der Waals surface area contributed by atoms with E-state index < -0.39 is 12.6 Å². The van der Waals surface area contributed by atoms with Gasteiger partial charge in [-0.1, -0.05) is 18.2 Å². The third-order valence-electron chi connectivity index (χ3n) is 3.56. The highest BCUT2D eigenvalue weighted by molar-refractivity contribution is 5.88. The highest BCUT2D eigenvalue weighted by Gasteiger charge is 2.06. The second kappa shape index (κ2) is 8.86. The Labute approximate surface area is 145 Å². The summed E-state index contributed by atoms with van der Waals surface area (Å²) in [6.07, 6.45) is 1.64. The normalized spacial score (nSPS) is 11.8. The predicted molar refractivity (Wildman–Crippen MR) is 94.1 cm³/mol. The van der Waals surface area contributed by atoms with Crippen molar-refractivity contribution < 1.29 is 18.3 Å². The van der Waals surface area contributed by atoms with Crippen LogP contribution >= 0.6 is 0 Å². The van der Waals surface area contributed by atoms with Gasteiger partial charge in [-0.15, -0.1) is 0 Å². The number of urea groups is 1. The molecule has 2 aromatic carbocycles.